The van der Waals surface area contributed by atoms with Gasteiger partial charge in [0, 0.05) is 35.0 Å². The first-order valence-electron chi connectivity index (χ1n) is 10.6. The van der Waals surface area contributed by atoms with Crippen LogP contribution < -0.4 is 20.1 Å². The highest BCUT2D eigenvalue weighted by Crippen LogP contribution is 2.34. The standard InChI is InChI=1S/C24H24N4O3/c29-24(28-19-10-11-21-22(12-19)31-15-30-21)17-8-6-16(7-9-17)20-13-23(26-14-25-20)27-18-4-2-1-3-5-18/h6-14,18H,1-5,15H2,(H,28,29)(H,25,26,27). The maximum atomic E-state index is 12.6. The van der Waals surface area contributed by atoms with Gasteiger partial charge in [0.05, 0.1) is 5.69 Å². The van der Waals surface area contributed by atoms with Gasteiger partial charge >= 0.3 is 0 Å². The Bertz CT molecular complexity index is 1080. The molecule has 2 aromatic carbocycles. The average molecular weight is 416 g/mol. The monoisotopic (exact) mass is 416 g/mol. The van der Waals surface area contributed by atoms with Crippen LogP contribution in [-0.4, -0.2) is 28.7 Å². The second kappa shape index (κ2) is 8.63. The minimum absolute atomic E-state index is 0.187. The Morgan fingerprint density at radius 1 is 0.903 bits per heavy atom. The van der Waals surface area contributed by atoms with E-state index >= 15 is 0 Å². The molecule has 158 valence electrons. The molecule has 5 rings (SSSR count). The minimum atomic E-state index is -0.187. The van der Waals surface area contributed by atoms with Gasteiger partial charge in [-0.3, -0.25) is 4.79 Å². The van der Waals surface area contributed by atoms with Crippen molar-refractivity contribution < 1.29 is 14.3 Å². The number of hydrogen-bond donors (Lipinski definition) is 2. The van der Waals surface area contributed by atoms with Gasteiger partial charge in [-0.15, -0.1) is 0 Å². The molecule has 2 aliphatic rings. The molecule has 3 aromatic rings. The highest BCUT2D eigenvalue weighted by atomic mass is 16.7. The van der Waals surface area contributed by atoms with E-state index in [9.17, 15) is 4.79 Å². The van der Waals surface area contributed by atoms with Crippen molar-refractivity contribution in [1.82, 2.24) is 9.97 Å². The summed E-state index contributed by atoms with van der Waals surface area (Å²) in [5, 5.41) is 6.42. The van der Waals surface area contributed by atoms with Crippen molar-refractivity contribution >= 4 is 17.4 Å². The number of nitrogens with zero attached hydrogens (tertiary/aromatic N) is 2. The summed E-state index contributed by atoms with van der Waals surface area (Å²) in [5.74, 6) is 1.98. The highest BCUT2D eigenvalue weighted by Gasteiger charge is 2.16. The molecule has 1 saturated carbocycles. The molecule has 1 fully saturated rings. The summed E-state index contributed by atoms with van der Waals surface area (Å²) < 4.78 is 10.7. The highest BCUT2D eigenvalue weighted by molar-refractivity contribution is 6.04. The van der Waals surface area contributed by atoms with Crippen LogP contribution in [0.2, 0.25) is 0 Å². The Hall–Kier alpha value is -3.61. The van der Waals surface area contributed by atoms with Crippen LogP contribution in [0.1, 0.15) is 42.5 Å². The number of fused-ring (bicyclic) bond motifs is 1. The molecule has 7 nitrogen and oxygen atoms in total. The molecule has 7 heteroatoms. The lowest BCUT2D eigenvalue weighted by molar-refractivity contribution is 0.102. The lowest BCUT2D eigenvalue weighted by Gasteiger charge is -2.23. The van der Waals surface area contributed by atoms with E-state index in [0.29, 0.717) is 28.8 Å². The van der Waals surface area contributed by atoms with Crippen LogP contribution in [0.5, 0.6) is 11.5 Å². The first-order chi connectivity index (χ1) is 15.2. The van der Waals surface area contributed by atoms with Crippen molar-refractivity contribution in [2.24, 2.45) is 0 Å². The van der Waals surface area contributed by atoms with Gasteiger partial charge in [0.2, 0.25) is 6.79 Å². The zero-order valence-electron chi connectivity index (χ0n) is 17.1. The van der Waals surface area contributed by atoms with Crippen LogP contribution >= 0.6 is 0 Å². The topological polar surface area (TPSA) is 85.4 Å². The number of carbonyl (C=O) groups excluding carboxylic acids is 1. The molecule has 2 heterocycles. The smallest absolute Gasteiger partial charge is 0.255 e. The van der Waals surface area contributed by atoms with Crippen LogP contribution in [0, 0.1) is 0 Å². The molecule has 1 aliphatic carbocycles. The SMILES string of the molecule is O=C(Nc1ccc2c(c1)OCO2)c1ccc(-c2cc(NC3CCCCC3)ncn2)cc1. The number of aromatic nitrogens is 2. The van der Waals surface area contributed by atoms with Crippen molar-refractivity contribution in [3.63, 3.8) is 0 Å². The molecular weight excluding hydrogens is 392 g/mol. The van der Waals surface area contributed by atoms with Crippen LogP contribution in [0.25, 0.3) is 11.3 Å². The zero-order chi connectivity index (χ0) is 21.0. The maximum Gasteiger partial charge on any atom is 0.255 e. The van der Waals surface area contributed by atoms with Gasteiger partial charge in [0.1, 0.15) is 12.1 Å². The molecule has 0 spiro atoms. The van der Waals surface area contributed by atoms with E-state index in [1.54, 1.807) is 36.7 Å². The molecule has 31 heavy (non-hydrogen) atoms. The number of carbonyl (C=O) groups is 1. The fraction of sp³-hybridized carbons (Fsp3) is 0.292. The third-order valence-electron chi connectivity index (χ3n) is 5.70. The quantitative estimate of drug-likeness (QED) is 0.617. The van der Waals surface area contributed by atoms with Crippen molar-refractivity contribution in [3.05, 3.63) is 60.4 Å². The maximum absolute atomic E-state index is 12.6. The van der Waals surface area contributed by atoms with Crippen molar-refractivity contribution in [3.8, 4) is 22.8 Å². The minimum Gasteiger partial charge on any atom is -0.454 e. The van der Waals surface area contributed by atoms with E-state index in [-0.39, 0.29) is 12.7 Å². The van der Waals surface area contributed by atoms with E-state index in [2.05, 4.69) is 20.6 Å². The van der Waals surface area contributed by atoms with Gasteiger partial charge in [-0.25, -0.2) is 9.97 Å². The molecule has 0 unspecified atom stereocenters. The summed E-state index contributed by atoms with van der Waals surface area (Å²) in [6.45, 7) is 0.203. The summed E-state index contributed by atoms with van der Waals surface area (Å²) in [5.41, 5.74) is 2.99. The first kappa shape index (κ1) is 19.4. The van der Waals surface area contributed by atoms with Gasteiger partial charge < -0.3 is 20.1 Å². The summed E-state index contributed by atoms with van der Waals surface area (Å²) in [7, 11) is 0. The van der Waals surface area contributed by atoms with Gasteiger partial charge in [-0.05, 0) is 37.1 Å². The Balaban J connectivity index is 1.26. The molecular formula is C24H24N4O3. The van der Waals surface area contributed by atoms with Crippen LogP contribution in [0.3, 0.4) is 0 Å². The van der Waals surface area contributed by atoms with E-state index in [1.165, 1.54) is 32.1 Å². The third kappa shape index (κ3) is 4.45. The summed E-state index contributed by atoms with van der Waals surface area (Å²) in [6.07, 6.45) is 7.82. The van der Waals surface area contributed by atoms with Gasteiger partial charge in [0.15, 0.2) is 11.5 Å². The normalized spacial score (nSPS) is 15.5. The van der Waals surface area contributed by atoms with Crippen molar-refractivity contribution in [1.29, 1.82) is 0 Å². The number of rotatable bonds is 5. The van der Waals surface area contributed by atoms with E-state index in [0.717, 1.165) is 17.1 Å². The Labute approximate surface area is 180 Å². The van der Waals surface area contributed by atoms with Gasteiger partial charge in [-0.1, -0.05) is 31.4 Å². The number of ether oxygens (including phenoxy) is 2. The zero-order valence-corrected chi connectivity index (χ0v) is 17.1. The lowest BCUT2D eigenvalue weighted by atomic mass is 9.95. The Kier molecular flexibility index (Phi) is 5.39. The predicted molar refractivity (Wildman–Crippen MR) is 118 cm³/mol. The van der Waals surface area contributed by atoms with Crippen LogP contribution in [-0.2, 0) is 0 Å². The summed E-state index contributed by atoms with van der Waals surface area (Å²) in [6, 6.07) is 15.2. The second-order valence-corrected chi connectivity index (χ2v) is 7.87. The molecule has 1 aliphatic heterocycles. The molecule has 2 N–H and O–H groups in total. The van der Waals surface area contributed by atoms with Crippen molar-refractivity contribution in [2.45, 2.75) is 38.1 Å². The van der Waals surface area contributed by atoms with Crippen molar-refractivity contribution in [2.75, 3.05) is 17.4 Å². The average Bonchev–Trinajstić information content (AvgIpc) is 3.28. The van der Waals surface area contributed by atoms with E-state index in [1.807, 2.05) is 18.2 Å². The third-order valence-corrected chi connectivity index (χ3v) is 5.70. The Morgan fingerprint density at radius 3 is 2.55 bits per heavy atom. The number of nitrogens with one attached hydrogen (secondary N) is 2. The molecule has 0 radical (unpaired) electrons. The molecule has 0 atom stereocenters. The predicted octanol–water partition coefficient (Wildman–Crippen LogP) is 4.87. The number of benzene rings is 2. The molecule has 1 aromatic heterocycles. The summed E-state index contributed by atoms with van der Waals surface area (Å²) in [4.78, 5) is 21.4. The first-order valence-corrected chi connectivity index (χ1v) is 10.6. The molecule has 1 amide bonds. The summed E-state index contributed by atoms with van der Waals surface area (Å²) >= 11 is 0. The lowest BCUT2D eigenvalue weighted by Crippen LogP contribution is -2.22. The molecule has 0 bridgehead atoms. The Morgan fingerprint density at radius 2 is 1.71 bits per heavy atom. The second-order valence-electron chi connectivity index (χ2n) is 7.87. The number of hydrogen-bond acceptors (Lipinski definition) is 6. The van der Waals surface area contributed by atoms with Gasteiger partial charge in [-0.2, -0.15) is 0 Å². The largest absolute Gasteiger partial charge is 0.454 e. The number of anilines is 2. The van der Waals surface area contributed by atoms with E-state index in [4.69, 9.17) is 9.47 Å². The fourth-order valence-electron chi connectivity index (χ4n) is 4.02. The van der Waals surface area contributed by atoms with Crippen LogP contribution in [0.15, 0.2) is 54.9 Å². The van der Waals surface area contributed by atoms with E-state index < -0.39 is 0 Å². The van der Waals surface area contributed by atoms with Crippen LogP contribution in [0.4, 0.5) is 11.5 Å². The number of amides is 1. The van der Waals surface area contributed by atoms with Gasteiger partial charge in [0.25, 0.3) is 5.91 Å². The molecule has 0 saturated heterocycles. The fourth-order valence-corrected chi connectivity index (χ4v) is 4.02.